The first-order chi connectivity index (χ1) is 20.8. The maximum absolute atomic E-state index is 13.8. The summed E-state index contributed by atoms with van der Waals surface area (Å²) in [4.78, 5) is 42.6. The number of thioether (sulfide) groups is 1. The largest absolute Gasteiger partial charge is 0.497 e. The highest BCUT2D eigenvalue weighted by Gasteiger charge is 2.40. The van der Waals surface area contributed by atoms with Crippen LogP contribution < -0.4 is 29.7 Å². The summed E-state index contributed by atoms with van der Waals surface area (Å²) in [6, 6.07) is 24.6. The summed E-state index contributed by atoms with van der Waals surface area (Å²) in [6.07, 6.45) is 0. The zero-order valence-corrected chi connectivity index (χ0v) is 24.4. The minimum Gasteiger partial charge on any atom is -0.497 e. The number of amides is 3. The number of hydrogen-bond donors (Lipinski definition) is 2. The second-order valence-corrected chi connectivity index (χ2v) is 11.0. The lowest BCUT2D eigenvalue weighted by molar-refractivity contribution is -0.120. The second kappa shape index (κ2) is 11.6. The van der Waals surface area contributed by atoms with E-state index in [1.54, 1.807) is 67.8 Å². The van der Waals surface area contributed by atoms with Crippen molar-refractivity contribution in [2.45, 2.75) is 18.7 Å². The zero-order chi connectivity index (χ0) is 30.1. The van der Waals surface area contributed by atoms with Crippen LogP contribution in [-0.2, 0) is 9.59 Å². The Balaban J connectivity index is 1.29. The summed E-state index contributed by atoms with van der Waals surface area (Å²) in [5, 5.41) is 6.09. The molecule has 0 aliphatic carbocycles. The van der Waals surface area contributed by atoms with Crippen LogP contribution in [0.4, 0.5) is 17.1 Å². The molecule has 216 valence electrons. The number of anilines is 3. The number of ether oxygens (including phenoxy) is 3. The monoisotopic (exact) mass is 593 g/mol. The molecule has 4 aromatic carbocycles. The molecule has 0 unspecified atom stereocenters. The lowest BCUT2D eigenvalue weighted by Gasteiger charge is -2.16. The third-order valence-corrected chi connectivity index (χ3v) is 8.17. The molecule has 0 aromatic heterocycles. The highest BCUT2D eigenvalue weighted by atomic mass is 32.2. The first-order valence-electron chi connectivity index (χ1n) is 13.4. The van der Waals surface area contributed by atoms with Crippen LogP contribution in [0.5, 0.6) is 17.2 Å². The number of nitrogens with one attached hydrogen (secondary N) is 2. The average molecular weight is 594 g/mol. The van der Waals surface area contributed by atoms with Crippen LogP contribution in [0.25, 0.3) is 0 Å². The molecule has 2 N–H and O–H groups in total. The molecule has 0 spiro atoms. The predicted octanol–water partition coefficient (Wildman–Crippen LogP) is 6.28. The third-order valence-electron chi connectivity index (χ3n) is 7.09. The van der Waals surface area contributed by atoms with Crippen molar-refractivity contribution in [3.63, 3.8) is 0 Å². The van der Waals surface area contributed by atoms with Crippen molar-refractivity contribution >= 4 is 46.5 Å². The molecule has 0 bridgehead atoms. The third kappa shape index (κ3) is 5.64. The Morgan fingerprint density at radius 3 is 2.40 bits per heavy atom. The molecule has 0 radical (unpaired) electrons. The van der Waals surface area contributed by atoms with Gasteiger partial charge in [0, 0.05) is 21.8 Å². The van der Waals surface area contributed by atoms with Gasteiger partial charge in [-0.15, -0.1) is 0 Å². The molecule has 43 heavy (non-hydrogen) atoms. The van der Waals surface area contributed by atoms with Crippen LogP contribution in [-0.4, -0.2) is 31.6 Å². The number of rotatable bonds is 8. The van der Waals surface area contributed by atoms with E-state index in [-0.39, 0.29) is 23.3 Å². The van der Waals surface area contributed by atoms with E-state index in [4.69, 9.17) is 14.2 Å². The number of fused-ring (bicyclic) bond motifs is 1. The summed E-state index contributed by atoms with van der Waals surface area (Å²) in [7, 11) is 1.55. The predicted molar refractivity (Wildman–Crippen MR) is 165 cm³/mol. The molecule has 3 amide bonds. The van der Waals surface area contributed by atoms with Gasteiger partial charge < -0.3 is 24.8 Å². The smallest absolute Gasteiger partial charge is 0.283 e. The Hall–Kier alpha value is -5.22. The van der Waals surface area contributed by atoms with E-state index in [0.29, 0.717) is 44.8 Å². The van der Waals surface area contributed by atoms with Gasteiger partial charge in [0.05, 0.1) is 12.8 Å². The molecule has 9 nitrogen and oxygen atoms in total. The van der Waals surface area contributed by atoms with Crippen molar-refractivity contribution in [1.29, 1.82) is 0 Å². The maximum atomic E-state index is 13.8. The highest BCUT2D eigenvalue weighted by molar-refractivity contribution is 8.04. The number of imide groups is 1. The maximum Gasteiger partial charge on any atom is 0.283 e. The van der Waals surface area contributed by atoms with E-state index in [0.717, 1.165) is 27.8 Å². The average Bonchev–Trinajstić information content (AvgIpc) is 3.57. The molecule has 6 rings (SSSR count). The topological polar surface area (TPSA) is 106 Å². The van der Waals surface area contributed by atoms with Gasteiger partial charge in [-0.2, -0.15) is 0 Å². The summed E-state index contributed by atoms with van der Waals surface area (Å²) in [5.41, 5.74) is 4.40. The first kappa shape index (κ1) is 27.9. The van der Waals surface area contributed by atoms with Gasteiger partial charge in [-0.1, -0.05) is 23.9 Å². The fourth-order valence-corrected chi connectivity index (χ4v) is 5.63. The van der Waals surface area contributed by atoms with Gasteiger partial charge in [0.1, 0.15) is 16.4 Å². The molecule has 2 heterocycles. The molecular weight excluding hydrogens is 566 g/mol. The molecule has 0 saturated carbocycles. The Kier molecular flexibility index (Phi) is 7.52. The quantitative estimate of drug-likeness (QED) is 0.230. The molecule has 10 heteroatoms. The summed E-state index contributed by atoms with van der Waals surface area (Å²) >= 11 is 1.15. The Bertz CT molecular complexity index is 1800. The number of hydrogen-bond acceptors (Lipinski definition) is 8. The molecular formula is C33H27N3O6S. The number of nitrogens with zero attached hydrogens (tertiary/aromatic N) is 1. The molecule has 0 fully saturated rings. The van der Waals surface area contributed by atoms with Crippen molar-refractivity contribution < 1.29 is 28.6 Å². The summed E-state index contributed by atoms with van der Waals surface area (Å²) < 4.78 is 15.9. The van der Waals surface area contributed by atoms with Gasteiger partial charge in [-0.25, -0.2) is 4.90 Å². The number of aryl methyl sites for hydroxylation is 2. The van der Waals surface area contributed by atoms with Crippen molar-refractivity contribution in [2.24, 2.45) is 0 Å². The standard InChI is InChI=1S/C33H27N3O6S/c1-19-7-9-23(15-20(19)2)34-29-30(33(39)36(32(29)38)24-10-12-25(40-3)13-11-24)43-26-6-4-5-22(17-26)35-31(37)21-8-14-27-28(16-21)42-18-41-27/h4-17,34H,18H2,1-3H3,(H,35,37). The Morgan fingerprint density at radius 2 is 1.63 bits per heavy atom. The number of carbonyl (C=O) groups is 3. The van der Waals surface area contributed by atoms with Crippen LogP contribution in [0.2, 0.25) is 0 Å². The lowest BCUT2D eigenvalue weighted by Crippen LogP contribution is -2.32. The van der Waals surface area contributed by atoms with E-state index in [9.17, 15) is 14.4 Å². The van der Waals surface area contributed by atoms with Crippen molar-refractivity contribution in [3.8, 4) is 17.2 Å². The SMILES string of the molecule is COc1ccc(N2C(=O)C(Nc3ccc(C)c(C)c3)=C(Sc3cccc(NC(=O)c4ccc5c(c4)OCO5)c3)C2=O)cc1. The fourth-order valence-electron chi connectivity index (χ4n) is 4.64. The van der Waals surface area contributed by atoms with Crippen LogP contribution in [0, 0.1) is 13.8 Å². The van der Waals surface area contributed by atoms with Crippen molar-refractivity contribution in [1.82, 2.24) is 0 Å². The van der Waals surface area contributed by atoms with Crippen molar-refractivity contribution in [2.75, 3.05) is 29.4 Å². The Labute approximate surface area is 252 Å². The van der Waals surface area contributed by atoms with Crippen LogP contribution in [0.1, 0.15) is 21.5 Å². The number of methoxy groups -OCH3 is 1. The van der Waals surface area contributed by atoms with Gasteiger partial charge in [0.15, 0.2) is 11.5 Å². The van der Waals surface area contributed by atoms with E-state index < -0.39 is 11.8 Å². The molecule has 0 atom stereocenters. The molecule has 2 aliphatic heterocycles. The molecule has 0 saturated heterocycles. The van der Waals surface area contributed by atoms with Crippen LogP contribution in [0.3, 0.4) is 0 Å². The van der Waals surface area contributed by atoms with Gasteiger partial charge >= 0.3 is 0 Å². The van der Waals surface area contributed by atoms with E-state index >= 15 is 0 Å². The van der Waals surface area contributed by atoms with Crippen LogP contribution in [0.15, 0.2) is 100 Å². The zero-order valence-electron chi connectivity index (χ0n) is 23.6. The first-order valence-corrected chi connectivity index (χ1v) is 14.2. The van der Waals surface area contributed by atoms with Crippen molar-refractivity contribution in [3.05, 3.63) is 112 Å². The van der Waals surface area contributed by atoms with E-state index in [1.165, 1.54) is 0 Å². The molecule has 2 aliphatic rings. The minimum absolute atomic E-state index is 0.118. The minimum atomic E-state index is -0.469. The fraction of sp³-hybridized carbons (Fsp3) is 0.121. The number of carbonyl (C=O) groups excluding carboxylic acids is 3. The second-order valence-electron chi connectivity index (χ2n) is 9.92. The van der Waals surface area contributed by atoms with Crippen LogP contribution >= 0.6 is 11.8 Å². The highest BCUT2D eigenvalue weighted by Crippen LogP contribution is 2.39. The van der Waals surface area contributed by atoms with E-state index in [2.05, 4.69) is 10.6 Å². The summed E-state index contributed by atoms with van der Waals surface area (Å²) in [6.45, 7) is 4.11. The summed E-state index contributed by atoms with van der Waals surface area (Å²) in [5.74, 6) is 0.462. The van der Waals surface area contributed by atoms with Gasteiger partial charge in [-0.05, 0) is 97.8 Å². The van der Waals surface area contributed by atoms with Gasteiger partial charge in [0.2, 0.25) is 6.79 Å². The van der Waals surface area contributed by atoms with Gasteiger partial charge in [0.25, 0.3) is 17.7 Å². The number of benzene rings is 4. The molecule has 4 aromatic rings. The van der Waals surface area contributed by atoms with Gasteiger partial charge in [-0.3, -0.25) is 14.4 Å². The Morgan fingerprint density at radius 1 is 0.837 bits per heavy atom. The normalized spacial score (nSPS) is 13.9. The van der Waals surface area contributed by atoms with E-state index in [1.807, 2.05) is 38.1 Å². The lowest BCUT2D eigenvalue weighted by atomic mass is 10.1.